The smallest absolute Gasteiger partial charge is 0.225 e. The first-order chi connectivity index (χ1) is 12.6. The Balaban J connectivity index is 1.29. The molecule has 7 heteroatoms. The first-order valence-electron chi connectivity index (χ1n) is 9.74. The number of aromatic nitrogens is 2. The average Bonchev–Trinajstić information content (AvgIpc) is 3.14. The van der Waals surface area contributed by atoms with Gasteiger partial charge >= 0.3 is 0 Å². The molecule has 3 heterocycles. The van der Waals surface area contributed by atoms with E-state index in [1.54, 1.807) is 6.33 Å². The third kappa shape index (κ3) is 3.82. The highest BCUT2D eigenvalue weighted by Gasteiger charge is 2.36. The molecule has 1 amide bonds. The number of alkyl halides is 1. The minimum Gasteiger partial charge on any atom is -0.381 e. The van der Waals surface area contributed by atoms with Crippen molar-refractivity contribution in [3.05, 3.63) is 18.1 Å². The van der Waals surface area contributed by atoms with Crippen LogP contribution in [0, 0.1) is 5.92 Å². The summed E-state index contributed by atoms with van der Waals surface area (Å²) < 4.78 is 20.3. The van der Waals surface area contributed by atoms with Gasteiger partial charge in [-0.25, -0.2) is 14.4 Å². The third-order valence-electron chi connectivity index (χ3n) is 6.06. The molecule has 0 spiro atoms. The fraction of sp³-hybridized carbons (Fsp3) is 0.737. The standard InChI is InChI=1S/C19H27FN4O2/c20-19(12-21-18(25)15-4-9-26-11-15)5-7-24(8-6-19)17-10-16(22-13-23-17)14-2-1-3-14/h10,13-15H,1-9,11-12H2,(H,21,25). The van der Waals surface area contributed by atoms with Crippen LogP contribution in [0.3, 0.4) is 0 Å². The predicted molar refractivity (Wildman–Crippen MR) is 95.8 cm³/mol. The summed E-state index contributed by atoms with van der Waals surface area (Å²) in [6, 6.07) is 2.07. The summed E-state index contributed by atoms with van der Waals surface area (Å²) in [5, 5.41) is 2.79. The Morgan fingerprint density at radius 3 is 2.77 bits per heavy atom. The number of anilines is 1. The van der Waals surface area contributed by atoms with Crippen LogP contribution >= 0.6 is 0 Å². The van der Waals surface area contributed by atoms with Crippen LogP contribution in [-0.2, 0) is 9.53 Å². The van der Waals surface area contributed by atoms with Gasteiger partial charge in [0, 0.05) is 50.2 Å². The van der Waals surface area contributed by atoms with Gasteiger partial charge in [0.25, 0.3) is 0 Å². The number of hydrogen-bond donors (Lipinski definition) is 1. The van der Waals surface area contributed by atoms with Crippen LogP contribution in [0.15, 0.2) is 12.4 Å². The predicted octanol–water partition coefficient (Wildman–Crippen LogP) is 2.21. The minimum absolute atomic E-state index is 0.0807. The first kappa shape index (κ1) is 17.6. The number of rotatable bonds is 5. The lowest BCUT2D eigenvalue weighted by atomic mass is 9.83. The molecule has 2 saturated heterocycles. The summed E-state index contributed by atoms with van der Waals surface area (Å²) in [6.45, 7) is 2.39. The maximum Gasteiger partial charge on any atom is 0.225 e. The van der Waals surface area contributed by atoms with Crippen molar-refractivity contribution in [1.29, 1.82) is 0 Å². The first-order valence-corrected chi connectivity index (χ1v) is 9.74. The molecule has 2 aliphatic heterocycles. The van der Waals surface area contributed by atoms with Crippen LogP contribution in [0.25, 0.3) is 0 Å². The van der Waals surface area contributed by atoms with Crippen molar-refractivity contribution < 1.29 is 13.9 Å². The Morgan fingerprint density at radius 2 is 2.12 bits per heavy atom. The lowest BCUT2D eigenvalue weighted by Gasteiger charge is -2.37. The Bertz CT molecular complexity index is 638. The molecule has 1 unspecified atom stereocenters. The summed E-state index contributed by atoms with van der Waals surface area (Å²) in [5.74, 6) is 1.26. The largest absolute Gasteiger partial charge is 0.381 e. The van der Waals surface area contributed by atoms with Crippen LogP contribution in [0.2, 0.25) is 0 Å². The SMILES string of the molecule is O=C(NCC1(F)CCN(c2cc(C3CCC3)ncn2)CC1)C1CCOC1. The van der Waals surface area contributed by atoms with E-state index >= 15 is 4.39 Å². The van der Waals surface area contributed by atoms with E-state index in [1.807, 2.05) is 0 Å². The second-order valence-electron chi connectivity index (χ2n) is 7.85. The Labute approximate surface area is 153 Å². The summed E-state index contributed by atoms with van der Waals surface area (Å²) in [6.07, 6.45) is 6.84. The van der Waals surface area contributed by atoms with Crippen LogP contribution < -0.4 is 10.2 Å². The monoisotopic (exact) mass is 362 g/mol. The van der Waals surface area contributed by atoms with Crippen LogP contribution in [0.5, 0.6) is 0 Å². The van der Waals surface area contributed by atoms with E-state index in [0.29, 0.717) is 45.1 Å². The zero-order valence-electron chi connectivity index (χ0n) is 15.1. The molecular formula is C19H27FN4O2. The summed E-state index contributed by atoms with van der Waals surface area (Å²) in [4.78, 5) is 23.0. The van der Waals surface area contributed by atoms with Gasteiger partial charge in [-0.1, -0.05) is 6.42 Å². The van der Waals surface area contributed by atoms with E-state index in [-0.39, 0.29) is 18.4 Å². The van der Waals surface area contributed by atoms with E-state index in [4.69, 9.17) is 4.74 Å². The Kier molecular flexibility index (Phi) is 5.07. The fourth-order valence-electron chi connectivity index (χ4n) is 3.91. The molecule has 1 aliphatic carbocycles. The van der Waals surface area contributed by atoms with Gasteiger partial charge in [0.05, 0.1) is 19.1 Å². The van der Waals surface area contributed by atoms with E-state index in [1.165, 1.54) is 19.3 Å². The quantitative estimate of drug-likeness (QED) is 0.870. The molecule has 6 nitrogen and oxygen atoms in total. The van der Waals surface area contributed by atoms with Gasteiger partial charge in [-0.15, -0.1) is 0 Å². The molecule has 26 heavy (non-hydrogen) atoms. The zero-order valence-corrected chi connectivity index (χ0v) is 15.1. The van der Waals surface area contributed by atoms with E-state index < -0.39 is 5.67 Å². The fourth-order valence-corrected chi connectivity index (χ4v) is 3.91. The van der Waals surface area contributed by atoms with Crippen LogP contribution in [-0.4, -0.2) is 54.4 Å². The second-order valence-corrected chi connectivity index (χ2v) is 7.85. The lowest BCUT2D eigenvalue weighted by Crippen LogP contribution is -2.49. The molecule has 4 rings (SSSR count). The number of nitrogens with one attached hydrogen (secondary N) is 1. The normalized spacial score (nSPS) is 25.7. The van der Waals surface area contributed by atoms with Gasteiger partial charge in [0.2, 0.25) is 5.91 Å². The topological polar surface area (TPSA) is 67.4 Å². The molecule has 0 bridgehead atoms. The van der Waals surface area contributed by atoms with Gasteiger partial charge in [-0.3, -0.25) is 4.79 Å². The number of hydrogen-bond acceptors (Lipinski definition) is 5. The summed E-state index contributed by atoms with van der Waals surface area (Å²) in [5.41, 5.74) is -0.223. The van der Waals surface area contributed by atoms with Gasteiger partial charge in [0.1, 0.15) is 17.8 Å². The minimum atomic E-state index is -1.34. The molecule has 0 radical (unpaired) electrons. The second kappa shape index (κ2) is 7.47. The van der Waals surface area contributed by atoms with Gasteiger partial charge in [-0.2, -0.15) is 0 Å². The molecule has 0 aromatic carbocycles. The molecule has 1 atom stereocenters. The van der Waals surface area contributed by atoms with Gasteiger partial charge in [-0.05, 0) is 19.3 Å². The number of carbonyl (C=O) groups is 1. The van der Waals surface area contributed by atoms with Crippen molar-refractivity contribution in [3.8, 4) is 0 Å². The van der Waals surface area contributed by atoms with E-state index in [9.17, 15) is 4.79 Å². The van der Waals surface area contributed by atoms with Crippen LogP contribution in [0.4, 0.5) is 10.2 Å². The van der Waals surface area contributed by atoms with Crippen molar-refractivity contribution in [1.82, 2.24) is 15.3 Å². The lowest BCUT2D eigenvalue weighted by molar-refractivity contribution is -0.125. The number of amides is 1. The third-order valence-corrected chi connectivity index (χ3v) is 6.06. The molecule has 142 valence electrons. The molecule has 1 saturated carbocycles. The van der Waals surface area contributed by atoms with Gasteiger partial charge < -0.3 is 15.0 Å². The number of nitrogens with zero attached hydrogens (tertiary/aromatic N) is 3. The maximum absolute atomic E-state index is 15.1. The molecule has 3 aliphatic rings. The number of halogens is 1. The van der Waals surface area contributed by atoms with Gasteiger partial charge in [0.15, 0.2) is 0 Å². The Morgan fingerprint density at radius 1 is 1.31 bits per heavy atom. The highest BCUT2D eigenvalue weighted by molar-refractivity contribution is 5.79. The zero-order chi connectivity index (χ0) is 18.0. The van der Waals surface area contributed by atoms with Crippen molar-refractivity contribution in [2.24, 2.45) is 5.92 Å². The number of piperidine rings is 1. The number of carbonyl (C=O) groups excluding carboxylic acids is 1. The number of ether oxygens (including phenoxy) is 1. The average molecular weight is 362 g/mol. The molecular weight excluding hydrogens is 335 g/mol. The highest BCUT2D eigenvalue weighted by atomic mass is 19.1. The van der Waals surface area contributed by atoms with E-state index in [0.717, 1.165) is 17.9 Å². The summed E-state index contributed by atoms with van der Waals surface area (Å²) >= 11 is 0. The van der Waals surface area contributed by atoms with Crippen molar-refractivity contribution in [3.63, 3.8) is 0 Å². The van der Waals surface area contributed by atoms with Crippen LogP contribution in [0.1, 0.15) is 50.1 Å². The molecule has 1 N–H and O–H groups in total. The molecule has 3 fully saturated rings. The van der Waals surface area contributed by atoms with Crippen molar-refractivity contribution in [2.45, 2.75) is 50.1 Å². The maximum atomic E-state index is 15.1. The summed E-state index contributed by atoms with van der Waals surface area (Å²) in [7, 11) is 0. The van der Waals surface area contributed by atoms with Crippen molar-refractivity contribution in [2.75, 3.05) is 37.7 Å². The van der Waals surface area contributed by atoms with E-state index in [2.05, 4.69) is 26.3 Å². The Hall–Kier alpha value is -1.76. The highest BCUT2D eigenvalue weighted by Crippen LogP contribution is 2.36. The van der Waals surface area contributed by atoms with Crippen molar-refractivity contribution >= 4 is 11.7 Å². The molecule has 1 aromatic heterocycles. The molecule has 1 aromatic rings.